The molecule has 0 heterocycles. The number of hydrogen-bond acceptors (Lipinski definition) is 3. The molecule has 0 aliphatic heterocycles. The van der Waals surface area contributed by atoms with Crippen LogP contribution in [0.2, 0.25) is 0 Å². The molecule has 0 aliphatic rings. The average Bonchev–Trinajstić information content (AvgIpc) is 2.53. The highest BCUT2D eigenvalue weighted by Gasteiger charge is 2.01. The van der Waals surface area contributed by atoms with Crippen LogP contribution in [-0.2, 0) is 4.79 Å². The maximum Gasteiger partial charge on any atom is 0.224 e. The Bertz CT molecular complexity index is 591. The smallest absolute Gasteiger partial charge is 0.224 e. The van der Waals surface area contributed by atoms with Crippen LogP contribution in [0, 0.1) is 0 Å². The summed E-state index contributed by atoms with van der Waals surface area (Å²) in [6, 6.07) is 16.9. The van der Waals surface area contributed by atoms with Gasteiger partial charge in [-0.3, -0.25) is 4.79 Å². The van der Waals surface area contributed by atoms with Gasteiger partial charge in [-0.2, -0.15) is 10.2 Å². The maximum atomic E-state index is 11.6. The molecule has 4 nitrogen and oxygen atoms in total. The molecule has 2 aromatic carbocycles. The van der Waals surface area contributed by atoms with E-state index in [9.17, 15) is 4.79 Å². The van der Waals surface area contributed by atoms with Gasteiger partial charge < -0.3 is 5.32 Å². The van der Waals surface area contributed by atoms with Crippen molar-refractivity contribution in [2.45, 2.75) is 26.2 Å². The Kier molecular flexibility index (Phi) is 5.64. The number of azo groups is 1. The topological polar surface area (TPSA) is 53.8 Å². The van der Waals surface area contributed by atoms with Gasteiger partial charge in [-0.15, -0.1) is 0 Å². The van der Waals surface area contributed by atoms with E-state index >= 15 is 0 Å². The van der Waals surface area contributed by atoms with Crippen molar-refractivity contribution in [2.24, 2.45) is 10.2 Å². The molecule has 0 aliphatic carbocycles. The first-order chi connectivity index (χ1) is 10.3. The number of amides is 1. The molecular formula is C17H19N3O. The molecule has 0 fully saturated rings. The quantitative estimate of drug-likeness (QED) is 0.724. The highest BCUT2D eigenvalue weighted by molar-refractivity contribution is 5.90. The normalized spacial score (nSPS) is 10.7. The number of hydrogen-bond donors (Lipinski definition) is 1. The fourth-order valence-electron chi connectivity index (χ4n) is 1.78. The van der Waals surface area contributed by atoms with Crippen LogP contribution in [0.15, 0.2) is 64.8 Å². The standard InChI is InChI=1S/C17H19N3O/c1-2-3-9-17(21)18-14-10-12-16(13-11-14)20-19-15-7-5-4-6-8-15/h4-8,10-13H,2-3,9H2,1H3,(H,18,21). The molecule has 2 aromatic rings. The molecule has 1 amide bonds. The fourth-order valence-corrected chi connectivity index (χ4v) is 1.78. The molecule has 2 rings (SSSR count). The van der Waals surface area contributed by atoms with E-state index in [4.69, 9.17) is 0 Å². The second-order valence-corrected chi connectivity index (χ2v) is 4.73. The fraction of sp³-hybridized carbons (Fsp3) is 0.235. The number of carbonyl (C=O) groups excluding carboxylic acids is 1. The Balaban J connectivity index is 1.93. The molecule has 1 N–H and O–H groups in total. The van der Waals surface area contributed by atoms with Crippen molar-refractivity contribution in [3.8, 4) is 0 Å². The van der Waals surface area contributed by atoms with Crippen LogP contribution in [0.25, 0.3) is 0 Å². The van der Waals surface area contributed by atoms with Gasteiger partial charge in [0.2, 0.25) is 5.91 Å². The summed E-state index contributed by atoms with van der Waals surface area (Å²) in [5.74, 6) is 0.0514. The Morgan fingerprint density at radius 3 is 2.19 bits per heavy atom. The molecule has 0 unspecified atom stereocenters. The number of anilines is 1. The Morgan fingerprint density at radius 1 is 0.952 bits per heavy atom. The summed E-state index contributed by atoms with van der Waals surface area (Å²) in [5, 5.41) is 11.2. The molecule has 4 heteroatoms. The first-order valence-electron chi connectivity index (χ1n) is 7.14. The number of unbranched alkanes of at least 4 members (excludes halogenated alkanes) is 1. The van der Waals surface area contributed by atoms with Gasteiger partial charge >= 0.3 is 0 Å². The van der Waals surface area contributed by atoms with Gasteiger partial charge in [0.15, 0.2) is 0 Å². The number of benzene rings is 2. The molecule has 0 spiro atoms. The van der Waals surface area contributed by atoms with Crippen LogP contribution in [-0.4, -0.2) is 5.91 Å². The minimum atomic E-state index is 0.0514. The number of nitrogens with one attached hydrogen (secondary N) is 1. The van der Waals surface area contributed by atoms with Gasteiger partial charge in [-0.25, -0.2) is 0 Å². The van der Waals surface area contributed by atoms with Gasteiger partial charge in [-0.1, -0.05) is 31.5 Å². The SMILES string of the molecule is CCCCC(=O)Nc1ccc(N=Nc2ccccc2)cc1. The zero-order valence-electron chi connectivity index (χ0n) is 12.1. The number of nitrogens with zero attached hydrogens (tertiary/aromatic N) is 2. The highest BCUT2D eigenvalue weighted by atomic mass is 16.1. The summed E-state index contributed by atoms with van der Waals surface area (Å²) in [4.78, 5) is 11.6. The van der Waals surface area contributed by atoms with Crippen LogP contribution in [0.3, 0.4) is 0 Å². The third kappa shape index (κ3) is 5.18. The molecule has 108 valence electrons. The maximum absolute atomic E-state index is 11.6. The summed E-state index contributed by atoms with van der Waals surface area (Å²) >= 11 is 0. The lowest BCUT2D eigenvalue weighted by Gasteiger charge is -2.04. The molecule has 0 bridgehead atoms. The van der Waals surface area contributed by atoms with Gasteiger partial charge in [0.25, 0.3) is 0 Å². The number of rotatable bonds is 6. The van der Waals surface area contributed by atoms with E-state index in [0.717, 1.165) is 29.9 Å². The van der Waals surface area contributed by atoms with Crippen molar-refractivity contribution in [1.29, 1.82) is 0 Å². The number of carbonyl (C=O) groups is 1. The van der Waals surface area contributed by atoms with Crippen molar-refractivity contribution >= 4 is 23.0 Å². The van der Waals surface area contributed by atoms with E-state index < -0.39 is 0 Å². The first-order valence-corrected chi connectivity index (χ1v) is 7.14. The van der Waals surface area contributed by atoms with Crippen molar-refractivity contribution in [1.82, 2.24) is 0 Å². The molecular weight excluding hydrogens is 262 g/mol. The third-order valence-electron chi connectivity index (χ3n) is 2.95. The lowest BCUT2D eigenvalue weighted by molar-refractivity contribution is -0.116. The first kappa shape index (κ1) is 14.9. The Morgan fingerprint density at radius 2 is 1.57 bits per heavy atom. The zero-order valence-corrected chi connectivity index (χ0v) is 12.1. The van der Waals surface area contributed by atoms with E-state index in [-0.39, 0.29) is 5.91 Å². The monoisotopic (exact) mass is 281 g/mol. The predicted octanol–water partition coefficient (Wildman–Crippen LogP) is 5.23. The molecule has 0 saturated carbocycles. The van der Waals surface area contributed by atoms with Crippen LogP contribution >= 0.6 is 0 Å². The zero-order chi connectivity index (χ0) is 14.9. The minimum absolute atomic E-state index is 0.0514. The predicted molar refractivity (Wildman–Crippen MR) is 85.2 cm³/mol. The summed E-state index contributed by atoms with van der Waals surface area (Å²) < 4.78 is 0. The van der Waals surface area contributed by atoms with Gasteiger partial charge in [0.1, 0.15) is 0 Å². The lowest BCUT2D eigenvalue weighted by atomic mass is 10.2. The van der Waals surface area contributed by atoms with Crippen LogP contribution in [0.5, 0.6) is 0 Å². The second kappa shape index (κ2) is 7.94. The van der Waals surface area contributed by atoms with Gasteiger partial charge in [-0.05, 0) is 42.8 Å². The van der Waals surface area contributed by atoms with Gasteiger partial charge in [0.05, 0.1) is 11.4 Å². The van der Waals surface area contributed by atoms with Crippen molar-refractivity contribution in [3.05, 3.63) is 54.6 Å². The molecule has 0 saturated heterocycles. The molecule has 0 radical (unpaired) electrons. The van der Waals surface area contributed by atoms with E-state index in [1.165, 1.54) is 0 Å². The van der Waals surface area contributed by atoms with Crippen LogP contribution in [0.1, 0.15) is 26.2 Å². The summed E-state index contributed by atoms with van der Waals surface area (Å²) in [6.45, 7) is 2.07. The molecule has 0 atom stereocenters. The van der Waals surface area contributed by atoms with Gasteiger partial charge in [0, 0.05) is 12.1 Å². The summed E-state index contributed by atoms with van der Waals surface area (Å²) in [6.07, 6.45) is 2.49. The van der Waals surface area contributed by atoms with E-state index in [1.807, 2.05) is 54.6 Å². The van der Waals surface area contributed by atoms with Crippen molar-refractivity contribution in [3.63, 3.8) is 0 Å². The minimum Gasteiger partial charge on any atom is -0.326 e. The van der Waals surface area contributed by atoms with E-state index in [0.29, 0.717) is 6.42 Å². The lowest BCUT2D eigenvalue weighted by Crippen LogP contribution is -2.10. The third-order valence-corrected chi connectivity index (χ3v) is 2.95. The largest absolute Gasteiger partial charge is 0.326 e. The Hall–Kier alpha value is -2.49. The Labute approximate surface area is 124 Å². The summed E-state index contributed by atoms with van der Waals surface area (Å²) in [5.41, 5.74) is 2.36. The molecule has 0 aromatic heterocycles. The van der Waals surface area contributed by atoms with Crippen LogP contribution in [0.4, 0.5) is 17.1 Å². The highest BCUT2D eigenvalue weighted by Crippen LogP contribution is 2.20. The molecule has 21 heavy (non-hydrogen) atoms. The average molecular weight is 281 g/mol. The van der Waals surface area contributed by atoms with Crippen LogP contribution < -0.4 is 5.32 Å². The second-order valence-electron chi connectivity index (χ2n) is 4.73. The van der Waals surface area contributed by atoms with Crippen molar-refractivity contribution in [2.75, 3.05) is 5.32 Å². The van der Waals surface area contributed by atoms with E-state index in [1.54, 1.807) is 0 Å². The van der Waals surface area contributed by atoms with Crippen molar-refractivity contribution < 1.29 is 4.79 Å². The van der Waals surface area contributed by atoms with E-state index in [2.05, 4.69) is 22.5 Å². The summed E-state index contributed by atoms with van der Waals surface area (Å²) in [7, 11) is 0.